The van der Waals surface area contributed by atoms with E-state index >= 15 is 0 Å². The van der Waals surface area contributed by atoms with Gasteiger partial charge in [0.15, 0.2) is 0 Å². The molecule has 21 heavy (non-hydrogen) atoms. The summed E-state index contributed by atoms with van der Waals surface area (Å²) < 4.78 is 2.06. The molecule has 5 heteroatoms. The molecule has 0 amide bonds. The van der Waals surface area contributed by atoms with E-state index in [0.29, 0.717) is 17.2 Å². The SMILES string of the molecule is NC(=S)c1ncccc1Cn1ccnc1-c1ccccc1. The zero-order valence-electron chi connectivity index (χ0n) is 11.3. The van der Waals surface area contributed by atoms with E-state index in [1.807, 2.05) is 48.7 Å². The second-order valence-corrected chi connectivity index (χ2v) is 5.06. The molecule has 2 N–H and O–H groups in total. The van der Waals surface area contributed by atoms with Crippen LogP contribution in [-0.2, 0) is 6.54 Å². The molecule has 1 aromatic carbocycles. The van der Waals surface area contributed by atoms with Crippen molar-refractivity contribution in [2.75, 3.05) is 0 Å². The number of imidazole rings is 1. The standard InChI is InChI=1S/C16H14N4S/c17-15(21)14-13(7-4-8-18-14)11-20-10-9-19-16(20)12-5-2-1-3-6-12/h1-10H,11H2,(H2,17,21). The molecule has 0 radical (unpaired) electrons. The maximum absolute atomic E-state index is 5.74. The van der Waals surface area contributed by atoms with Gasteiger partial charge in [0, 0.05) is 29.7 Å². The number of aromatic nitrogens is 3. The summed E-state index contributed by atoms with van der Waals surface area (Å²) in [5.74, 6) is 0.911. The van der Waals surface area contributed by atoms with Crippen LogP contribution in [0.4, 0.5) is 0 Å². The predicted octanol–water partition coefficient (Wildman–Crippen LogP) is 2.63. The molecule has 3 rings (SSSR count). The van der Waals surface area contributed by atoms with Crippen LogP contribution in [0.1, 0.15) is 11.3 Å². The Kier molecular flexibility index (Phi) is 3.75. The topological polar surface area (TPSA) is 56.7 Å². The van der Waals surface area contributed by atoms with Crippen molar-refractivity contribution in [3.05, 3.63) is 72.3 Å². The first-order valence-corrected chi connectivity index (χ1v) is 6.97. The van der Waals surface area contributed by atoms with Crippen molar-refractivity contribution in [2.24, 2.45) is 5.73 Å². The molecule has 0 aliphatic rings. The smallest absolute Gasteiger partial charge is 0.140 e. The van der Waals surface area contributed by atoms with Gasteiger partial charge in [0.25, 0.3) is 0 Å². The number of rotatable bonds is 4. The highest BCUT2D eigenvalue weighted by atomic mass is 32.1. The molecule has 0 bridgehead atoms. The van der Waals surface area contributed by atoms with E-state index in [1.54, 1.807) is 12.4 Å². The lowest BCUT2D eigenvalue weighted by molar-refractivity contribution is 0.801. The summed E-state index contributed by atoms with van der Waals surface area (Å²) in [4.78, 5) is 9.01. The lowest BCUT2D eigenvalue weighted by Crippen LogP contribution is -2.16. The number of pyridine rings is 1. The minimum atomic E-state index is 0.312. The fourth-order valence-electron chi connectivity index (χ4n) is 2.26. The first-order chi connectivity index (χ1) is 10.3. The summed E-state index contributed by atoms with van der Waals surface area (Å²) in [6.45, 7) is 0.630. The number of hydrogen-bond donors (Lipinski definition) is 1. The summed E-state index contributed by atoms with van der Waals surface area (Å²) >= 11 is 5.06. The normalized spacial score (nSPS) is 10.5. The monoisotopic (exact) mass is 294 g/mol. The van der Waals surface area contributed by atoms with Crippen molar-refractivity contribution in [1.82, 2.24) is 14.5 Å². The van der Waals surface area contributed by atoms with Crippen LogP contribution < -0.4 is 5.73 Å². The third kappa shape index (κ3) is 2.83. The van der Waals surface area contributed by atoms with Gasteiger partial charge in [0.05, 0.1) is 6.54 Å². The lowest BCUT2D eigenvalue weighted by Gasteiger charge is -2.10. The van der Waals surface area contributed by atoms with Crippen LogP contribution in [0.5, 0.6) is 0 Å². The molecule has 4 nitrogen and oxygen atoms in total. The van der Waals surface area contributed by atoms with Crippen molar-refractivity contribution in [3.63, 3.8) is 0 Å². The molecule has 0 spiro atoms. The van der Waals surface area contributed by atoms with E-state index < -0.39 is 0 Å². The minimum Gasteiger partial charge on any atom is -0.388 e. The Morgan fingerprint density at radius 2 is 1.86 bits per heavy atom. The molecular formula is C16H14N4S. The fraction of sp³-hybridized carbons (Fsp3) is 0.0625. The summed E-state index contributed by atoms with van der Waals surface area (Å²) in [7, 11) is 0. The summed E-state index contributed by atoms with van der Waals surface area (Å²) in [6, 6.07) is 13.9. The molecule has 0 fully saturated rings. The Labute approximate surface area is 128 Å². The van der Waals surface area contributed by atoms with Gasteiger partial charge in [-0.1, -0.05) is 48.6 Å². The van der Waals surface area contributed by atoms with Crippen LogP contribution in [0.15, 0.2) is 61.1 Å². The first kappa shape index (κ1) is 13.5. The molecule has 2 aromatic heterocycles. The Bertz CT molecular complexity index is 765. The second kappa shape index (κ2) is 5.85. The Morgan fingerprint density at radius 3 is 2.62 bits per heavy atom. The summed E-state index contributed by atoms with van der Waals surface area (Å²) in [5.41, 5.74) is 8.46. The Morgan fingerprint density at radius 1 is 1.05 bits per heavy atom. The quantitative estimate of drug-likeness (QED) is 0.752. The molecular weight excluding hydrogens is 280 g/mol. The van der Waals surface area contributed by atoms with Gasteiger partial charge >= 0.3 is 0 Å². The highest BCUT2D eigenvalue weighted by molar-refractivity contribution is 7.80. The van der Waals surface area contributed by atoms with E-state index in [0.717, 1.165) is 17.0 Å². The fourth-order valence-corrected chi connectivity index (χ4v) is 2.44. The molecule has 0 aliphatic heterocycles. The second-order valence-electron chi connectivity index (χ2n) is 4.62. The highest BCUT2D eigenvalue weighted by Gasteiger charge is 2.10. The maximum Gasteiger partial charge on any atom is 0.140 e. The minimum absolute atomic E-state index is 0.312. The summed E-state index contributed by atoms with van der Waals surface area (Å²) in [5, 5.41) is 0. The van der Waals surface area contributed by atoms with Gasteiger partial charge in [0.2, 0.25) is 0 Å². The van der Waals surface area contributed by atoms with E-state index in [-0.39, 0.29) is 0 Å². The Balaban J connectivity index is 1.98. The summed E-state index contributed by atoms with van der Waals surface area (Å²) in [6.07, 6.45) is 5.43. The van der Waals surface area contributed by atoms with Crippen LogP contribution in [-0.4, -0.2) is 19.5 Å². The van der Waals surface area contributed by atoms with E-state index in [4.69, 9.17) is 18.0 Å². The molecule has 0 saturated carbocycles. The van der Waals surface area contributed by atoms with Crippen LogP contribution >= 0.6 is 12.2 Å². The number of hydrogen-bond acceptors (Lipinski definition) is 3. The van der Waals surface area contributed by atoms with E-state index in [2.05, 4.69) is 14.5 Å². The third-order valence-electron chi connectivity index (χ3n) is 3.21. The van der Waals surface area contributed by atoms with Gasteiger partial charge in [-0.25, -0.2) is 4.98 Å². The van der Waals surface area contributed by atoms with Gasteiger partial charge in [0.1, 0.15) is 16.5 Å². The predicted molar refractivity (Wildman–Crippen MR) is 86.9 cm³/mol. The zero-order valence-corrected chi connectivity index (χ0v) is 12.1. The van der Waals surface area contributed by atoms with Crippen molar-refractivity contribution >= 4 is 17.2 Å². The van der Waals surface area contributed by atoms with E-state index in [9.17, 15) is 0 Å². The highest BCUT2D eigenvalue weighted by Crippen LogP contribution is 2.18. The molecule has 3 aromatic rings. The van der Waals surface area contributed by atoms with Crippen LogP contribution in [0.3, 0.4) is 0 Å². The van der Waals surface area contributed by atoms with Gasteiger partial charge < -0.3 is 10.3 Å². The zero-order chi connectivity index (χ0) is 14.7. The molecule has 0 atom stereocenters. The Hall–Kier alpha value is -2.53. The van der Waals surface area contributed by atoms with Crippen molar-refractivity contribution < 1.29 is 0 Å². The molecule has 0 unspecified atom stereocenters. The van der Waals surface area contributed by atoms with Crippen LogP contribution in [0.2, 0.25) is 0 Å². The molecule has 0 aliphatic carbocycles. The average molecular weight is 294 g/mol. The van der Waals surface area contributed by atoms with Crippen LogP contribution in [0, 0.1) is 0 Å². The van der Waals surface area contributed by atoms with Crippen LogP contribution in [0.25, 0.3) is 11.4 Å². The number of nitrogens with two attached hydrogens (primary N) is 1. The van der Waals surface area contributed by atoms with Crippen molar-refractivity contribution in [2.45, 2.75) is 6.54 Å². The van der Waals surface area contributed by atoms with Gasteiger partial charge in [-0.3, -0.25) is 4.98 Å². The van der Waals surface area contributed by atoms with Gasteiger partial charge in [-0.2, -0.15) is 0 Å². The molecule has 2 heterocycles. The van der Waals surface area contributed by atoms with Crippen molar-refractivity contribution in [3.8, 4) is 11.4 Å². The maximum atomic E-state index is 5.74. The first-order valence-electron chi connectivity index (χ1n) is 6.56. The molecule has 0 saturated heterocycles. The molecule has 104 valence electrons. The van der Waals surface area contributed by atoms with Gasteiger partial charge in [-0.15, -0.1) is 0 Å². The average Bonchev–Trinajstić information content (AvgIpc) is 2.96. The number of nitrogens with zero attached hydrogens (tertiary/aromatic N) is 3. The van der Waals surface area contributed by atoms with Crippen molar-refractivity contribution in [1.29, 1.82) is 0 Å². The lowest BCUT2D eigenvalue weighted by atomic mass is 10.1. The number of benzene rings is 1. The number of thiocarbonyl (C=S) groups is 1. The third-order valence-corrected chi connectivity index (χ3v) is 3.41. The van der Waals surface area contributed by atoms with Gasteiger partial charge in [-0.05, 0) is 6.07 Å². The van der Waals surface area contributed by atoms with E-state index in [1.165, 1.54) is 0 Å². The largest absolute Gasteiger partial charge is 0.388 e.